The molecule has 2 aromatic carbocycles. The van der Waals surface area contributed by atoms with Gasteiger partial charge in [-0.1, -0.05) is 23.8 Å². The third-order valence-corrected chi connectivity index (χ3v) is 4.47. The first-order valence-electron chi connectivity index (χ1n) is 8.28. The Morgan fingerprint density at radius 3 is 2.54 bits per heavy atom. The number of rotatable bonds is 4. The van der Waals surface area contributed by atoms with Crippen LogP contribution in [0.5, 0.6) is 0 Å². The Kier molecular flexibility index (Phi) is 4.71. The number of amides is 2. The van der Waals surface area contributed by atoms with Crippen molar-refractivity contribution >= 4 is 23.2 Å². The van der Waals surface area contributed by atoms with Crippen LogP contribution in [-0.2, 0) is 4.79 Å². The summed E-state index contributed by atoms with van der Waals surface area (Å²) in [4.78, 5) is 36.8. The van der Waals surface area contributed by atoms with Crippen LogP contribution in [0.1, 0.15) is 27.9 Å². The van der Waals surface area contributed by atoms with Gasteiger partial charge in [-0.15, -0.1) is 0 Å². The minimum absolute atomic E-state index is 0.0611. The van der Waals surface area contributed by atoms with Crippen molar-refractivity contribution in [3.8, 4) is 0 Å². The Morgan fingerprint density at radius 2 is 1.88 bits per heavy atom. The average Bonchev–Trinajstić information content (AvgIpc) is 2.96. The highest BCUT2D eigenvalue weighted by Gasteiger charge is 2.32. The fourth-order valence-corrected chi connectivity index (χ4v) is 2.99. The molecule has 2 amide bonds. The first kappa shape index (κ1) is 17.6. The second kappa shape index (κ2) is 6.95. The maximum Gasteiger partial charge on any atom is 0.273 e. The largest absolute Gasteiger partial charge is 0.347 e. The molecule has 3 rings (SSSR count). The molecule has 1 aliphatic heterocycles. The van der Waals surface area contributed by atoms with Crippen LogP contribution in [0.25, 0.3) is 0 Å². The maximum atomic E-state index is 12.4. The molecule has 0 aromatic heterocycles. The van der Waals surface area contributed by atoms with Crippen molar-refractivity contribution in [2.45, 2.75) is 26.3 Å². The van der Waals surface area contributed by atoms with Crippen molar-refractivity contribution in [2.75, 3.05) is 11.4 Å². The Labute approximate surface area is 150 Å². The molecule has 134 valence electrons. The number of aryl methyl sites for hydroxylation is 2. The summed E-state index contributed by atoms with van der Waals surface area (Å²) in [6, 6.07) is 11.6. The quantitative estimate of drug-likeness (QED) is 0.676. The highest BCUT2D eigenvalue weighted by atomic mass is 16.6. The van der Waals surface area contributed by atoms with E-state index >= 15 is 0 Å². The minimum Gasteiger partial charge on any atom is -0.347 e. The van der Waals surface area contributed by atoms with E-state index in [0.717, 1.165) is 11.3 Å². The van der Waals surface area contributed by atoms with Gasteiger partial charge in [0.05, 0.1) is 11.0 Å². The number of hydrogen-bond donors (Lipinski definition) is 1. The van der Waals surface area contributed by atoms with Crippen LogP contribution in [-0.4, -0.2) is 29.3 Å². The molecule has 0 spiro atoms. The smallest absolute Gasteiger partial charge is 0.273 e. The Hall–Kier alpha value is -3.22. The third kappa shape index (κ3) is 3.56. The van der Waals surface area contributed by atoms with Gasteiger partial charge < -0.3 is 10.2 Å². The van der Waals surface area contributed by atoms with Crippen LogP contribution in [0, 0.1) is 24.0 Å². The summed E-state index contributed by atoms with van der Waals surface area (Å²) in [6.07, 6.45) is 0.202. The molecule has 2 aromatic rings. The van der Waals surface area contributed by atoms with E-state index in [1.165, 1.54) is 6.07 Å². The molecular weight excluding hydrogens is 334 g/mol. The predicted octanol–water partition coefficient (Wildman–Crippen LogP) is 2.75. The molecule has 26 heavy (non-hydrogen) atoms. The van der Waals surface area contributed by atoms with E-state index in [0.29, 0.717) is 12.1 Å². The lowest BCUT2D eigenvalue weighted by Crippen LogP contribution is -2.37. The van der Waals surface area contributed by atoms with E-state index in [2.05, 4.69) is 5.32 Å². The molecule has 0 radical (unpaired) electrons. The lowest BCUT2D eigenvalue weighted by Gasteiger charge is -2.17. The molecule has 7 nitrogen and oxygen atoms in total. The number of benzene rings is 2. The van der Waals surface area contributed by atoms with Crippen LogP contribution in [0.15, 0.2) is 42.5 Å². The van der Waals surface area contributed by atoms with Gasteiger partial charge in [0.25, 0.3) is 11.6 Å². The molecule has 7 heteroatoms. The number of carbonyl (C=O) groups is 2. The van der Waals surface area contributed by atoms with Gasteiger partial charge in [0.1, 0.15) is 0 Å². The van der Waals surface area contributed by atoms with Gasteiger partial charge in [-0.05, 0) is 32.0 Å². The Balaban J connectivity index is 1.71. The Morgan fingerprint density at radius 1 is 1.19 bits per heavy atom. The van der Waals surface area contributed by atoms with E-state index in [4.69, 9.17) is 0 Å². The molecule has 0 saturated carbocycles. The zero-order chi connectivity index (χ0) is 18.8. The summed E-state index contributed by atoms with van der Waals surface area (Å²) in [5, 5.41) is 13.8. The minimum atomic E-state index is -0.510. The fraction of sp³-hybridized carbons (Fsp3) is 0.263. The van der Waals surface area contributed by atoms with Gasteiger partial charge >= 0.3 is 0 Å². The van der Waals surface area contributed by atoms with Crippen LogP contribution < -0.4 is 10.2 Å². The maximum absolute atomic E-state index is 12.4. The number of nitrogens with one attached hydrogen (secondary N) is 1. The first-order valence-corrected chi connectivity index (χ1v) is 8.28. The van der Waals surface area contributed by atoms with Gasteiger partial charge in [-0.25, -0.2) is 0 Å². The van der Waals surface area contributed by atoms with Crippen molar-refractivity contribution < 1.29 is 14.5 Å². The molecule has 1 N–H and O–H groups in total. The summed E-state index contributed by atoms with van der Waals surface area (Å²) in [5.41, 5.74) is 2.51. The molecule has 0 unspecified atom stereocenters. The van der Waals surface area contributed by atoms with Crippen molar-refractivity contribution in [1.29, 1.82) is 0 Å². The van der Waals surface area contributed by atoms with Crippen LogP contribution in [0.2, 0.25) is 0 Å². The molecular formula is C19H19N3O4. The third-order valence-electron chi connectivity index (χ3n) is 4.47. The topological polar surface area (TPSA) is 92.6 Å². The average molecular weight is 353 g/mol. The van der Waals surface area contributed by atoms with Crippen LogP contribution in [0.4, 0.5) is 11.4 Å². The number of carbonyl (C=O) groups excluding carboxylic acids is 2. The molecule has 1 fully saturated rings. The number of nitro groups is 1. The van der Waals surface area contributed by atoms with E-state index in [-0.39, 0.29) is 29.6 Å². The van der Waals surface area contributed by atoms with Crippen LogP contribution >= 0.6 is 0 Å². The molecule has 1 saturated heterocycles. The summed E-state index contributed by atoms with van der Waals surface area (Å²) in [5.74, 6) is -0.481. The van der Waals surface area contributed by atoms with E-state index in [1.54, 1.807) is 24.0 Å². The monoisotopic (exact) mass is 353 g/mol. The van der Waals surface area contributed by atoms with Crippen molar-refractivity contribution in [3.63, 3.8) is 0 Å². The first-order chi connectivity index (χ1) is 12.3. The highest BCUT2D eigenvalue weighted by molar-refractivity contribution is 5.99. The second-order valence-electron chi connectivity index (χ2n) is 6.47. The number of nitrogens with zero attached hydrogens (tertiary/aromatic N) is 2. The summed E-state index contributed by atoms with van der Waals surface area (Å²) < 4.78 is 0. The van der Waals surface area contributed by atoms with Gasteiger partial charge in [0.15, 0.2) is 0 Å². The lowest BCUT2D eigenvalue weighted by atomic mass is 10.1. The van der Waals surface area contributed by atoms with Crippen molar-refractivity contribution in [3.05, 3.63) is 69.3 Å². The standard InChI is InChI=1S/C19H19N3O4/c1-12-3-7-16(8-4-12)21-11-15(10-18(21)23)20-19(24)14-6-5-13(2)17(9-14)22(25)26/h3-9,15H,10-11H2,1-2H3,(H,20,24)/t15-/m1/s1. The number of nitro benzene ring substituents is 1. The van der Waals surface area contributed by atoms with Gasteiger partial charge in [-0.2, -0.15) is 0 Å². The molecule has 1 heterocycles. The zero-order valence-corrected chi connectivity index (χ0v) is 14.6. The lowest BCUT2D eigenvalue weighted by molar-refractivity contribution is -0.385. The Bertz CT molecular complexity index is 877. The van der Waals surface area contributed by atoms with E-state index < -0.39 is 10.8 Å². The SMILES string of the molecule is Cc1ccc(N2C[C@H](NC(=O)c3ccc(C)c([N+](=O)[O-])c3)CC2=O)cc1. The number of hydrogen-bond acceptors (Lipinski definition) is 4. The van der Waals surface area contributed by atoms with Crippen molar-refractivity contribution in [1.82, 2.24) is 5.32 Å². The van der Waals surface area contributed by atoms with Gasteiger partial charge in [0.2, 0.25) is 5.91 Å². The van der Waals surface area contributed by atoms with Gasteiger partial charge in [0, 0.05) is 35.8 Å². The predicted molar refractivity (Wildman–Crippen MR) is 97.2 cm³/mol. The number of anilines is 1. The van der Waals surface area contributed by atoms with Gasteiger partial charge in [-0.3, -0.25) is 19.7 Å². The fourth-order valence-electron chi connectivity index (χ4n) is 2.99. The normalized spacial score (nSPS) is 16.6. The summed E-state index contributed by atoms with van der Waals surface area (Å²) in [6.45, 7) is 3.97. The summed E-state index contributed by atoms with van der Waals surface area (Å²) >= 11 is 0. The zero-order valence-electron chi connectivity index (χ0n) is 14.6. The van der Waals surface area contributed by atoms with Crippen molar-refractivity contribution in [2.24, 2.45) is 0 Å². The van der Waals surface area contributed by atoms with E-state index in [9.17, 15) is 19.7 Å². The molecule has 1 aliphatic rings. The second-order valence-corrected chi connectivity index (χ2v) is 6.47. The highest BCUT2D eigenvalue weighted by Crippen LogP contribution is 2.23. The molecule has 1 atom stereocenters. The molecule has 0 bridgehead atoms. The van der Waals surface area contributed by atoms with E-state index in [1.807, 2.05) is 31.2 Å². The molecule has 0 aliphatic carbocycles. The summed E-state index contributed by atoms with van der Waals surface area (Å²) in [7, 11) is 0. The van der Waals surface area contributed by atoms with Crippen LogP contribution in [0.3, 0.4) is 0 Å².